The molecule has 1 aliphatic rings. The fourth-order valence-electron chi connectivity index (χ4n) is 1.31. The van der Waals surface area contributed by atoms with Crippen LogP contribution in [0.2, 0.25) is 0 Å². The van der Waals surface area contributed by atoms with Crippen LogP contribution < -0.4 is 5.32 Å². The molecule has 0 bridgehead atoms. The first-order valence-electron chi connectivity index (χ1n) is 4.26. The number of aliphatic hydroxyl groups is 1. The van der Waals surface area contributed by atoms with Crippen molar-refractivity contribution >= 4 is 23.1 Å². The van der Waals surface area contributed by atoms with Crippen molar-refractivity contribution in [2.75, 3.05) is 18.1 Å². The molecule has 1 aliphatic heterocycles. The summed E-state index contributed by atoms with van der Waals surface area (Å²) in [5, 5.41) is 15.1. The zero-order chi connectivity index (χ0) is 9.10. The summed E-state index contributed by atoms with van der Waals surface area (Å²) in [7, 11) is 0. The minimum Gasteiger partial charge on any atom is -0.389 e. The van der Waals surface area contributed by atoms with Crippen LogP contribution in [0.4, 0.5) is 0 Å². The van der Waals surface area contributed by atoms with E-state index in [1.165, 1.54) is 17.1 Å². The van der Waals surface area contributed by atoms with E-state index in [1.54, 1.807) is 0 Å². The number of thiazole rings is 1. The van der Waals surface area contributed by atoms with Gasteiger partial charge in [0.05, 0.1) is 18.3 Å². The standard InChI is InChI=1S/C8H12N2OS2/c11-3-8-10-7(5-13-8)6-4-12-2-1-9-6/h5-6,9,11H,1-4H2. The lowest BCUT2D eigenvalue weighted by Gasteiger charge is -2.21. The summed E-state index contributed by atoms with van der Waals surface area (Å²) >= 11 is 3.49. The third-order valence-electron chi connectivity index (χ3n) is 1.98. The number of nitrogens with one attached hydrogen (secondary N) is 1. The fraction of sp³-hybridized carbons (Fsp3) is 0.625. The summed E-state index contributed by atoms with van der Waals surface area (Å²) in [6.07, 6.45) is 0. The average Bonchev–Trinajstić information content (AvgIpc) is 2.67. The second-order valence-corrected chi connectivity index (χ2v) is 5.00. The molecule has 1 saturated heterocycles. The van der Waals surface area contributed by atoms with Gasteiger partial charge in [-0.2, -0.15) is 11.8 Å². The Morgan fingerprint density at radius 2 is 2.62 bits per heavy atom. The topological polar surface area (TPSA) is 45.2 Å². The van der Waals surface area contributed by atoms with Gasteiger partial charge in [0.2, 0.25) is 0 Å². The van der Waals surface area contributed by atoms with Gasteiger partial charge < -0.3 is 10.4 Å². The molecule has 0 aliphatic carbocycles. The van der Waals surface area contributed by atoms with Crippen LogP contribution in [0, 0.1) is 0 Å². The van der Waals surface area contributed by atoms with Gasteiger partial charge in [-0.1, -0.05) is 0 Å². The van der Waals surface area contributed by atoms with E-state index in [-0.39, 0.29) is 6.61 Å². The first-order chi connectivity index (χ1) is 6.40. The quantitative estimate of drug-likeness (QED) is 0.774. The van der Waals surface area contributed by atoms with Crippen molar-refractivity contribution in [2.45, 2.75) is 12.6 Å². The zero-order valence-corrected chi connectivity index (χ0v) is 8.83. The Morgan fingerprint density at radius 1 is 1.69 bits per heavy atom. The highest BCUT2D eigenvalue weighted by molar-refractivity contribution is 7.99. The SMILES string of the molecule is OCc1nc(C2CSCCN2)cs1. The van der Waals surface area contributed by atoms with Crippen molar-refractivity contribution < 1.29 is 5.11 Å². The first kappa shape index (κ1) is 9.45. The molecule has 1 fully saturated rings. The van der Waals surface area contributed by atoms with Gasteiger partial charge in [-0.15, -0.1) is 11.3 Å². The molecule has 0 spiro atoms. The van der Waals surface area contributed by atoms with Gasteiger partial charge in [0.1, 0.15) is 5.01 Å². The Hall–Kier alpha value is -0.100. The molecule has 1 atom stereocenters. The largest absolute Gasteiger partial charge is 0.389 e. The van der Waals surface area contributed by atoms with Crippen LogP contribution >= 0.6 is 23.1 Å². The lowest BCUT2D eigenvalue weighted by atomic mass is 10.2. The van der Waals surface area contributed by atoms with Crippen LogP contribution in [0.5, 0.6) is 0 Å². The third kappa shape index (κ3) is 2.22. The minimum atomic E-state index is 0.0600. The lowest BCUT2D eigenvalue weighted by Crippen LogP contribution is -2.30. The van der Waals surface area contributed by atoms with Crippen molar-refractivity contribution in [3.63, 3.8) is 0 Å². The summed E-state index contributed by atoms with van der Waals surface area (Å²) in [5.41, 5.74) is 1.08. The van der Waals surface area contributed by atoms with Gasteiger partial charge in [-0.05, 0) is 0 Å². The number of nitrogens with zero attached hydrogens (tertiary/aromatic N) is 1. The van der Waals surface area contributed by atoms with Gasteiger partial charge in [-0.25, -0.2) is 4.98 Å². The van der Waals surface area contributed by atoms with E-state index in [4.69, 9.17) is 5.11 Å². The molecular formula is C8H12N2OS2. The van der Waals surface area contributed by atoms with Crippen LogP contribution in [0.3, 0.4) is 0 Å². The molecule has 1 aromatic heterocycles. The van der Waals surface area contributed by atoms with Crippen LogP contribution in [0.1, 0.15) is 16.7 Å². The summed E-state index contributed by atoms with van der Waals surface area (Å²) in [5.74, 6) is 2.28. The molecular weight excluding hydrogens is 204 g/mol. The molecule has 5 heteroatoms. The van der Waals surface area contributed by atoms with Gasteiger partial charge in [0.15, 0.2) is 0 Å². The molecule has 2 N–H and O–H groups in total. The molecule has 2 rings (SSSR count). The normalized spacial score (nSPS) is 23.3. The van der Waals surface area contributed by atoms with E-state index >= 15 is 0 Å². The van der Waals surface area contributed by atoms with Gasteiger partial charge in [0.25, 0.3) is 0 Å². The molecule has 3 nitrogen and oxygen atoms in total. The summed E-state index contributed by atoms with van der Waals surface area (Å²) in [6, 6.07) is 0.385. The smallest absolute Gasteiger partial charge is 0.118 e. The molecule has 2 heterocycles. The third-order valence-corrected chi connectivity index (χ3v) is 3.90. The number of aliphatic hydroxyl groups excluding tert-OH is 1. The second kappa shape index (κ2) is 4.41. The van der Waals surface area contributed by atoms with E-state index in [1.807, 2.05) is 17.1 Å². The van der Waals surface area contributed by atoms with E-state index in [9.17, 15) is 0 Å². The van der Waals surface area contributed by atoms with Crippen molar-refractivity contribution in [3.05, 3.63) is 16.1 Å². The maximum absolute atomic E-state index is 8.87. The maximum Gasteiger partial charge on any atom is 0.118 e. The highest BCUT2D eigenvalue weighted by atomic mass is 32.2. The van der Waals surface area contributed by atoms with E-state index < -0.39 is 0 Å². The molecule has 0 aromatic carbocycles. The van der Waals surface area contributed by atoms with Crippen LogP contribution in [0.25, 0.3) is 0 Å². The number of thioether (sulfide) groups is 1. The average molecular weight is 216 g/mol. The maximum atomic E-state index is 8.87. The summed E-state index contributed by atoms with van der Waals surface area (Å²) in [4.78, 5) is 4.35. The van der Waals surface area contributed by atoms with E-state index in [2.05, 4.69) is 10.3 Å². The Labute approximate surface area is 85.6 Å². The van der Waals surface area contributed by atoms with Crippen molar-refractivity contribution in [1.82, 2.24) is 10.3 Å². The lowest BCUT2D eigenvalue weighted by molar-refractivity contribution is 0.280. The van der Waals surface area contributed by atoms with Gasteiger partial charge >= 0.3 is 0 Å². The Morgan fingerprint density at radius 3 is 3.23 bits per heavy atom. The molecule has 13 heavy (non-hydrogen) atoms. The number of hydrogen-bond acceptors (Lipinski definition) is 5. The highest BCUT2D eigenvalue weighted by Gasteiger charge is 2.17. The molecule has 0 saturated carbocycles. The fourth-order valence-corrected chi connectivity index (χ4v) is 2.97. The predicted molar refractivity (Wildman–Crippen MR) is 56.1 cm³/mol. The van der Waals surface area contributed by atoms with E-state index in [0.717, 1.165) is 23.0 Å². The molecule has 72 valence electrons. The monoisotopic (exact) mass is 216 g/mol. The number of aromatic nitrogens is 1. The van der Waals surface area contributed by atoms with Crippen LogP contribution in [-0.4, -0.2) is 28.1 Å². The Balaban J connectivity index is 2.05. The predicted octanol–water partition coefficient (Wildman–Crippen LogP) is 1.01. The minimum absolute atomic E-state index is 0.0600. The number of hydrogen-bond donors (Lipinski definition) is 2. The Bertz CT molecular complexity index is 271. The Kier molecular flexibility index (Phi) is 3.21. The van der Waals surface area contributed by atoms with Crippen molar-refractivity contribution in [1.29, 1.82) is 0 Å². The molecule has 0 radical (unpaired) electrons. The first-order valence-corrected chi connectivity index (χ1v) is 6.30. The molecule has 1 aromatic rings. The van der Waals surface area contributed by atoms with Crippen molar-refractivity contribution in [2.24, 2.45) is 0 Å². The van der Waals surface area contributed by atoms with Crippen molar-refractivity contribution in [3.8, 4) is 0 Å². The van der Waals surface area contributed by atoms with Crippen LogP contribution in [0.15, 0.2) is 5.38 Å². The second-order valence-electron chi connectivity index (χ2n) is 2.91. The zero-order valence-electron chi connectivity index (χ0n) is 7.19. The summed E-state index contributed by atoms with van der Waals surface area (Å²) in [6.45, 7) is 1.12. The van der Waals surface area contributed by atoms with E-state index in [0.29, 0.717) is 6.04 Å². The van der Waals surface area contributed by atoms with Crippen LogP contribution in [-0.2, 0) is 6.61 Å². The van der Waals surface area contributed by atoms with Gasteiger partial charge in [0, 0.05) is 23.4 Å². The van der Waals surface area contributed by atoms with Gasteiger partial charge in [-0.3, -0.25) is 0 Å². The number of rotatable bonds is 2. The molecule has 1 unspecified atom stereocenters. The summed E-state index contributed by atoms with van der Waals surface area (Å²) < 4.78 is 0. The highest BCUT2D eigenvalue weighted by Crippen LogP contribution is 2.23. The molecule has 0 amide bonds.